The molecule has 0 saturated heterocycles. The largest absolute Gasteiger partial charge is 0.0800 e. The van der Waals surface area contributed by atoms with Crippen LogP contribution in [0.4, 0.5) is 0 Å². The highest BCUT2D eigenvalue weighted by molar-refractivity contribution is 6.65. The van der Waals surface area contributed by atoms with E-state index >= 15 is 0 Å². The molecule has 1 aromatic carbocycles. The Bertz CT molecular complexity index is 434. The van der Waals surface area contributed by atoms with E-state index in [9.17, 15) is 0 Å². The quantitative estimate of drug-likeness (QED) is 0.644. The molecule has 0 N–H and O–H groups in total. The fourth-order valence-corrected chi connectivity index (χ4v) is 4.29. The van der Waals surface area contributed by atoms with Crippen molar-refractivity contribution in [3.8, 4) is 0 Å². The molecule has 0 aliphatic heterocycles. The van der Waals surface area contributed by atoms with Crippen LogP contribution in [0, 0.1) is 0 Å². The van der Waals surface area contributed by atoms with Crippen LogP contribution in [0.3, 0.4) is 0 Å². The van der Waals surface area contributed by atoms with Crippen LogP contribution in [0.5, 0.6) is 0 Å². The van der Waals surface area contributed by atoms with Crippen LogP contribution < -0.4 is 0 Å². The molecule has 0 fully saturated rings. The minimum atomic E-state index is -0.433. The second-order valence-electron chi connectivity index (χ2n) is 5.78. The van der Waals surface area contributed by atoms with Gasteiger partial charge in [-0.25, -0.2) is 0 Å². The fourth-order valence-electron chi connectivity index (χ4n) is 2.23. The smallest absolute Gasteiger partial charge is 0.0637 e. The van der Waals surface area contributed by atoms with Gasteiger partial charge in [0.2, 0.25) is 0 Å². The van der Waals surface area contributed by atoms with Crippen LogP contribution in [0.2, 0.25) is 17.1 Å². The lowest BCUT2D eigenvalue weighted by Crippen LogP contribution is -2.26. The molecule has 0 nitrogen and oxygen atoms in total. The molecule has 0 amide bonds. The number of hydrogen-bond donors (Lipinski definition) is 0. The summed E-state index contributed by atoms with van der Waals surface area (Å²) in [5.74, 6) is 0. The van der Waals surface area contributed by atoms with Crippen LogP contribution in [0.1, 0.15) is 26.3 Å². The van der Waals surface area contributed by atoms with Gasteiger partial charge in [0.05, 0.1) is 8.80 Å². The molecule has 1 atom stereocenters. The Kier molecular flexibility index (Phi) is 3.39. The predicted molar refractivity (Wildman–Crippen MR) is 78.6 cm³/mol. The Labute approximate surface area is 107 Å². The highest BCUT2D eigenvalue weighted by atomic mass is 28.3. The average Bonchev–Trinajstić information content (AvgIpc) is 2.76. The van der Waals surface area contributed by atoms with Gasteiger partial charge in [0.25, 0.3) is 0 Å². The Balaban J connectivity index is 2.27. The van der Waals surface area contributed by atoms with E-state index < -0.39 is 8.80 Å². The molecule has 1 aromatic rings. The minimum absolute atomic E-state index is 0.433. The van der Waals surface area contributed by atoms with E-state index in [2.05, 4.69) is 75.9 Å². The molecule has 1 heteroatoms. The SMILES string of the molecule is C[Si](C1C=CC=C1c1ccccc1)C(C)(C)C. The Hall–Kier alpha value is -1.08. The molecular formula is C16H21Si. The average molecular weight is 241 g/mol. The molecule has 1 aliphatic carbocycles. The van der Waals surface area contributed by atoms with Crippen molar-refractivity contribution in [2.75, 3.05) is 0 Å². The summed E-state index contributed by atoms with van der Waals surface area (Å²) in [4.78, 5) is 0. The molecular weight excluding hydrogens is 220 g/mol. The van der Waals surface area contributed by atoms with Gasteiger partial charge >= 0.3 is 0 Å². The molecule has 89 valence electrons. The first-order valence-corrected chi connectivity index (χ1v) is 8.35. The van der Waals surface area contributed by atoms with Crippen LogP contribution in [0.25, 0.3) is 5.57 Å². The van der Waals surface area contributed by atoms with Crippen molar-refractivity contribution in [3.63, 3.8) is 0 Å². The molecule has 0 bridgehead atoms. The van der Waals surface area contributed by atoms with Crippen molar-refractivity contribution >= 4 is 14.4 Å². The topological polar surface area (TPSA) is 0 Å². The number of benzene rings is 1. The summed E-state index contributed by atoms with van der Waals surface area (Å²) in [5, 5.41) is 0.442. The van der Waals surface area contributed by atoms with Gasteiger partial charge in [0.15, 0.2) is 0 Å². The Morgan fingerprint density at radius 2 is 1.71 bits per heavy atom. The van der Waals surface area contributed by atoms with E-state index in [1.807, 2.05) is 0 Å². The third kappa shape index (κ3) is 2.60. The molecule has 17 heavy (non-hydrogen) atoms. The molecule has 1 radical (unpaired) electrons. The van der Waals surface area contributed by atoms with Gasteiger partial charge in [-0.15, -0.1) is 0 Å². The van der Waals surface area contributed by atoms with Crippen LogP contribution in [-0.2, 0) is 0 Å². The van der Waals surface area contributed by atoms with Crippen LogP contribution in [0.15, 0.2) is 48.6 Å². The van der Waals surface area contributed by atoms with Crippen molar-refractivity contribution in [3.05, 3.63) is 54.1 Å². The number of rotatable bonds is 2. The summed E-state index contributed by atoms with van der Waals surface area (Å²) in [6.07, 6.45) is 6.91. The van der Waals surface area contributed by atoms with Crippen molar-refractivity contribution in [1.29, 1.82) is 0 Å². The van der Waals surface area contributed by atoms with Gasteiger partial charge in [-0.05, 0) is 21.7 Å². The predicted octanol–water partition coefficient (Wildman–Crippen LogP) is 4.93. The summed E-state index contributed by atoms with van der Waals surface area (Å²) < 4.78 is 0. The lowest BCUT2D eigenvalue weighted by atomic mass is 10.1. The van der Waals surface area contributed by atoms with E-state index in [0.29, 0.717) is 10.6 Å². The third-order valence-electron chi connectivity index (χ3n) is 3.67. The monoisotopic (exact) mass is 241 g/mol. The number of hydrogen-bond acceptors (Lipinski definition) is 0. The fraction of sp³-hybridized carbons (Fsp3) is 0.375. The molecule has 0 spiro atoms. The van der Waals surface area contributed by atoms with Crippen LogP contribution >= 0.6 is 0 Å². The maximum Gasteiger partial charge on any atom is 0.0637 e. The van der Waals surface area contributed by atoms with Gasteiger partial charge < -0.3 is 0 Å². The second kappa shape index (κ2) is 4.65. The molecule has 0 aromatic heterocycles. The second-order valence-corrected chi connectivity index (χ2v) is 9.27. The Morgan fingerprint density at radius 3 is 2.29 bits per heavy atom. The molecule has 2 rings (SSSR count). The standard InChI is InChI=1S/C16H21Si/c1-16(2,3)17(4)15-12-8-11-14(15)13-9-6-5-7-10-13/h5-12,15H,1-4H3. The van der Waals surface area contributed by atoms with E-state index in [1.165, 1.54) is 11.1 Å². The lowest BCUT2D eigenvalue weighted by molar-refractivity contribution is 0.732. The normalized spacial score (nSPS) is 19.8. The summed E-state index contributed by atoms with van der Waals surface area (Å²) in [7, 11) is -0.433. The highest BCUT2D eigenvalue weighted by Gasteiger charge is 2.32. The van der Waals surface area contributed by atoms with Crippen molar-refractivity contribution in [2.24, 2.45) is 0 Å². The summed E-state index contributed by atoms with van der Waals surface area (Å²) in [5.41, 5.74) is 3.55. The van der Waals surface area contributed by atoms with E-state index in [1.54, 1.807) is 0 Å². The van der Waals surface area contributed by atoms with E-state index in [4.69, 9.17) is 0 Å². The molecule has 1 aliphatic rings. The molecule has 1 unspecified atom stereocenters. The lowest BCUT2D eigenvalue weighted by Gasteiger charge is -2.31. The highest BCUT2D eigenvalue weighted by Crippen LogP contribution is 2.43. The number of allylic oxidation sites excluding steroid dienone is 4. The first-order chi connectivity index (χ1) is 8.00. The van der Waals surface area contributed by atoms with Gasteiger partial charge in [0, 0.05) is 0 Å². The molecule has 0 saturated carbocycles. The maximum absolute atomic E-state index is 2.46. The third-order valence-corrected chi connectivity index (χ3v) is 7.47. The van der Waals surface area contributed by atoms with Gasteiger partial charge in [-0.1, -0.05) is 75.9 Å². The minimum Gasteiger partial charge on any atom is -0.0800 e. The zero-order valence-corrected chi connectivity index (χ0v) is 12.2. The maximum atomic E-state index is 2.46. The summed E-state index contributed by atoms with van der Waals surface area (Å²) in [6.45, 7) is 9.57. The van der Waals surface area contributed by atoms with Gasteiger partial charge in [-0.3, -0.25) is 0 Å². The first-order valence-electron chi connectivity index (χ1n) is 6.28. The van der Waals surface area contributed by atoms with E-state index in [-0.39, 0.29) is 0 Å². The van der Waals surface area contributed by atoms with Gasteiger partial charge in [-0.2, -0.15) is 0 Å². The van der Waals surface area contributed by atoms with Crippen molar-refractivity contribution < 1.29 is 0 Å². The van der Waals surface area contributed by atoms with E-state index in [0.717, 1.165) is 0 Å². The molecule has 0 heterocycles. The zero-order valence-electron chi connectivity index (χ0n) is 11.2. The Morgan fingerprint density at radius 1 is 1.06 bits per heavy atom. The zero-order chi connectivity index (χ0) is 12.5. The summed E-state index contributed by atoms with van der Waals surface area (Å²) >= 11 is 0. The first kappa shape index (κ1) is 12.4. The van der Waals surface area contributed by atoms with Crippen molar-refractivity contribution in [1.82, 2.24) is 0 Å². The van der Waals surface area contributed by atoms with Gasteiger partial charge in [0.1, 0.15) is 0 Å². The van der Waals surface area contributed by atoms with Crippen LogP contribution in [-0.4, -0.2) is 8.80 Å². The summed E-state index contributed by atoms with van der Waals surface area (Å²) in [6, 6.07) is 10.8. The van der Waals surface area contributed by atoms with Crippen molar-refractivity contribution in [2.45, 2.75) is 37.9 Å².